The minimum Gasteiger partial charge on any atom is -0.358 e. The predicted octanol–water partition coefficient (Wildman–Crippen LogP) is 1.57. The summed E-state index contributed by atoms with van der Waals surface area (Å²) in [6, 6.07) is 0. The van der Waals surface area contributed by atoms with Crippen molar-refractivity contribution >= 4 is 46.6 Å². The minimum atomic E-state index is -3.34. The van der Waals surface area contributed by atoms with Gasteiger partial charge in [-0.05, 0) is 24.5 Å². The Labute approximate surface area is 110 Å². The molecule has 2 unspecified atom stereocenters. The molecular formula is C8H18NO3PS3. The van der Waals surface area contributed by atoms with E-state index in [9.17, 15) is 14.6 Å². The van der Waals surface area contributed by atoms with Crippen LogP contribution in [0.3, 0.4) is 0 Å². The molecule has 8 heteroatoms. The maximum Gasteiger partial charge on any atom is 0.242 e. The molecule has 0 aromatic heterocycles. The monoisotopic (exact) mass is 303 g/mol. The van der Waals surface area contributed by atoms with Crippen molar-refractivity contribution in [2.45, 2.75) is 30.8 Å². The van der Waals surface area contributed by atoms with Gasteiger partial charge in [-0.1, -0.05) is 25.2 Å². The van der Waals surface area contributed by atoms with Crippen LogP contribution < -0.4 is 5.32 Å². The Morgan fingerprint density at radius 2 is 2.12 bits per heavy atom. The second-order valence-corrected chi connectivity index (χ2v) is 11.4. The number of carbonyl (C=O) groups excluding carboxylic acids is 1. The molecule has 4 nitrogen and oxygen atoms in total. The number of nitrogens with one attached hydrogen (secondary N) is 1. The predicted molar refractivity (Wildman–Crippen MR) is 76.4 cm³/mol. The van der Waals surface area contributed by atoms with E-state index >= 15 is 0 Å². The number of amides is 1. The second kappa shape index (κ2) is 6.61. The van der Waals surface area contributed by atoms with Crippen molar-refractivity contribution in [3.63, 3.8) is 0 Å². The summed E-state index contributed by atoms with van der Waals surface area (Å²) in [5.41, 5.74) is -3.34. The van der Waals surface area contributed by atoms with Crippen LogP contribution in [0.25, 0.3) is 0 Å². The molecule has 0 aliphatic carbocycles. The standard InChI is InChI=1S/C8H18NO3PS3/c1-5-15-8(3,7(10)9-4)6(2)16-13(11,12)14/h6H,5H2,1-4H3,(H,9,10)(H2,11,12,14). The van der Waals surface area contributed by atoms with Gasteiger partial charge in [0, 0.05) is 12.3 Å². The van der Waals surface area contributed by atoms with Gasteiger partial charge in [0.05, 0.1) is 0 Å². The summed E-state index contributed by atoms with van der Waals surface area (Å²) in [6.07, 6.45) is 0. The van der Waals surface area contributed by atoms with Crippen LogP contribution in [-0.2, 0) is 16.6 Å². The first kappa shape index (κ1) is 16.7. The second-order valence-electron chi connectivity index (χ2n) is 3.36. The van der Waals surface area contributed by atoms with E-state index in [2.05, 4.69) is 17.1 Å². The highest BCUT2D eigenvalue weighted by atomic mass is 32.9. The molecule has 0 fully saturated rings. The lowest BCUT2D eigenvalue weighted by Gasteiger charge is -2.33. The van der Waals surface area contributed by atoms with Crippen LogP contribution in [0.4, 0.5) is 0 Å². The summed E-state index contributed by atoms with van der Waals surface area (Å²) in [5, 5.41) is 2.33. The van der Waals surface area contributed by atoms with E-state index in [1.807, 2.05) is 6.92 Å². The molecule has 16 heavy (non-hydrogen) atoms. The molecule has 0 bridgehead atoms. The molecule has 0 heterocycles. The molecule has 3 N–H and O–H groups in total. The van der Waals surface area contributed by atoms with E-state index in [1.165, 1.54) is 11.8 Å². The highest BCUT2D eigenvalue weighted by molar-refractivity contribution is 8.67. The molecule has 0 aliphatic rings. The van der Waals surface area contributed by atoms with Gasteiger partial charge in [-0.15, -0.1) is 11.8 Å². The lowest BCUT2D eigenvalue weighted by Crippen LogP contribution is -2.47. The molecule has 1 amide bonds. The van der Waals surface area contributed by atoms with Gasteiger partial charge >= 0.3 is 0 Å². The molecular weight excluding hydrogens is 285 g/mol. The molecule has 96 valence electrons. The van der Waals surface area contributed by atoms with E-state index in [4.69, 9.17) is 0 Å². The van der Waals surface area contributed by atoms with Crippen LogP contribution in [0.1, 0.15) is 20.8 Å². The molecule has 0 saturated heterocycles. The summed E-state index contributed by atoms with van der Waals surface area (Å²) in [5.74, 6) is 0.650. The van der Waals surface area contributed by atoms with Crippen LogP contribution in [0, 0.1) is 0 Å². The molecule has 0 rings (SSSR count). The third-order valence-electron chi connectivity index (χ3n) is 2.19. The third-order valence-corrected chi connectivity index (χ3v) is 7.38. The smallest absolute Gasteiger partial charge is 0.242 e. The van der Waals surface area contributed by atoms with Gasteiger partial charge < -0.3 is 15.1 Å². The summed E-state index contributed by atoms with van der Waals surface area (Å²) < 4.78 is -0.705. The molecule has 0 aromatic carbocycles. The van der Waals surface area contributed by atoms with Gasteiger partial charge in [0.25, 0.3) is 0 Å². The molecule has 0 spiro atoms. The zero-order chi connectivity index (χ0) is 13.0. The van der Waals surface area contributed by atoms with Gasteiger partial charge in [0.15, 0.2) is 0 Å². The first-order valence-corrected chi connectivity index (χ1v) is 9.95. The largest absolute Gasteiger partial charge is 0.358 e. The lowest BCUT2D eigenvalue weighted by atomic mass is 10.1. The van der Waals surface area contributed by atoms with Crippen LogP contribution in [0.5, 0.6) is 0 Å². The summed E-state index contributed by atoms with van der Waals surface area (Å²) in [6.45, 7) is 5.54. The summed E-state index contributed by atoms with van der Waals surface area (Å²) >= 11 is 6.96. The van der Waals surface area contributed by atoms with E-state index in [0.29, 0.717) is 0 Å². The topological polar surface area (TPSA) is 69.6 Å². The molecule has 2 atom stereocenters. The lowest BCUT2D eigenvalue weighted by molar-refractivity contribution is -0.122. The van der Waals surface area contributed by atoms with E-state index in [-0.39, 0.29) is 11.2 Å². The minimum absolute atomic E-state index is 0.122. The normalized spacial score (nSPS) is 17.6. The summed E-state index contributed by atoms with van der Waals surface area (Å²) in [7, 11) is 1.57. The van der Waals surface area contributed by atoms with Crippen LogP contribution in [0.2, 0.25) is 0 Å². The third kappa shape index (κ3) is 4.94. The highest BCUT2D eigenvalue weighted by Crippen LogP contribution is 2.56. The Morgan fingerprint density at radius 3 is 2.44 bits per heavy atom. The highest BCUT2D eigenvalue weighted by Gasteiger charge is 2.40. The number of hydrogen-bond donors (Lipinski definition) is 3. The fraction of sp³-hybridized carbons (Fsp3) is 0.875. The van der Waals surface area contributed by atoms with Crippen molar-refractivity contribution in [3.8, 4) is 0 Å². The average Bonchev–Trinajstić information content (AvgIpc) is 2.14. The van der Waals surface area contributed by atoms with Gasteiger partial charge in [0.1, 0.15) is 4.75 Å². The van der Waals surface area contributed by atoms with E-state index in [1.54, 1.807) is 20.9 Å². The first-order chi connectivity index (χ1) is 7.17. The van der Waals surface area contributed by atoms with Gasteiger partial charge in [-0.25, -0.2) is 0 Å². The maximum absolute atomic E-state index is 11.8. The van der Waals surface area contributed by atoms with Crippen LogP contribution in [-0.4, -0.2) is 38.5 Å². The van der Waals surface area contributed by atoms with Crippen molar-refractivity contribution in [2.24, 2.45) is 0 Å². The fourth-order valence-corrected chi connectivity index (χ4v) is 6.60. The number of hydrogen-bond acceptors (Lipinski definition) is 4. The van der Waals surface area contributed by atoms with E-state index in [0.717, 1.165) is 17.1 Å². The SMILES string of the molecule is CCSC(C)(C(=O)NC)C(C)SP(O)(O)=S. The molecule has 0 aromatic rings. The van der Waals surface area contributed by atoms with Crippen molar-refractivity contribution in [2.75, 3.05) is 12.8 Å². The number of rotatable bonds is 6. The van der Waals surface area contributed by atoms with Crippen LogP contribution in [0.15, 0.2) is 0 Å². The zero-order valence-electron chi connectivity index (χ0n) is 9.76. The van der Waals surface area contributed by atoms with Crippen molar-refractivity contribution in [1.29, 1.82) is 0 Å². The van der Waals surface area contributed by atoms with Gasteiger partial charge in [0.2, 0.25) is 11.6 Å². The van der Waals surface area contributed by atoms with Gasteiger partial charge in [-0.2, -0.15) is 0 Å². The zero-order valence-corrected chi connectivity index (χ0v) is 13.1. The Balaban J connectivity index is 4.90. The number of thioether (sulfide) groups is 1. The van der Waals surface area contributed by atoms with Crippen molar-refractivity contribution in [3.05, 3.63) is 0 Å². The molecule has 0 aliphatic heterocycles. The van der Waals surface area contributed by atoms with Crippen LogP contribution >= 0.6 is 28.8 Å². The van der Waals surface area contributed by atoms with Gasteiger partial charge in [-0.3, -0.25) is 4.79 Å². The van der Waals surface area contributed by atoms with Crippen molar-refractivity contribution in [1.82, 2.24) is 5.32 Å². The summed E-state index contributed by atoms with van der Waals surface area (Å²) in [4.78, 5) is 30.4. The van der Waals surface area contributed by atoms with Crippen molar-refractivity contribution < 1.29 is 14.6 Å². The Kier molecular flexibility index (Phi) is 6.92. The quantitative estimate of drug-likeness (QED) is 0.647. The molecule has 0 radical (unpaired) electrons. The molecule has 0 saturated carbocycles. The number of carbonyl (C=O) groups is 1. The fourth-order valence-electron chi connectivity index (χ4n) is 1.22. The van der Waals surface area contributed by atoms with E-state index < -0.39 is 10.4 Å². The Bertz CT molecular complexity index is 296. The average molecular weight is 303 g/mol. The maximum atomic E-state index is 11.8. The first-order valence-electron chi connectivity index (χ1n) is 4.77. The Hall–Kier alpha value is 0.740. The Morgan fingerprint density at radius 1 is 1.62 bits per heavy atom.